The van der Waals surface area contributed by atoms with Crippen LogP contribution < -0.4 is 5.56 Å². The van der Waals surface area contributed by atoms with Crippen molar-refractivity contribution < 1.29 is 9.59 Å². The number of hydrogen-bond acceptors (Lipinski definition) is 4. The van der Waals surface area contributed by atoms with E-state index in [1.165, 1.54) is 23.3 Å². The largest absolute Gasteiger partial charge is 0.339 e. The van der Waals surface area contributed by atoms with E-state index >= 15 is 0 Å². The smallest absolute Gasteiger partial charge is 0.274 e. The van der Waals surface area contributed by atoms with E-state index in [0.29, 0.717) is 32.6 Å². The maximum Gasteiger partial charge on any atom is 0.274 e. The van der Waals surface area contributed by atoms with E-state index in [1.54, 1.807) is 9.80 Å². The number of nitrogens with one attached hydrogen (secondary N) is 1. The fourth-order valence-electron chi connectivity index (χ4n) is 2.98. The fourth-order valence-corrected chi connectivity index (χ4v) is 2.98. The fraction of sp³-hybridized carbons (Fsp3) is 0.368. The second-order valence-corrected chi connectivity index (χ2v) is 6.57. The molecular weight excluding hydrogens is 332 g/mol. The van der Waals surface area contributed by atoms with Gasteiger partial charge in [0, 0.05) is 32.2 Å². The predicted molar refractivity (Wildman–Crippen MR) is 97.0 cm³/mol. The summed E-state index contributed by atoms with van der Waals surface area (Å²) in [6.45, 7) is 6.00. The number of benzene rings is 1. The Kier molecular flexibility index (Phi) is 5.16. The second kappa shape index (κ2) is 7.51. The Bertz CT molecular complexity index is 862. The van der Waals surface area contributed by atoms with E-state index in [0.717, 1.165) is 5.56 Å². The van der Waals surface area contributed by atoms with Gasteiger partial charge in [0.25, 0.3) is 11.5 Å². The molecule has 0 unspecified atom stereocenters. The summed E-state index contributed by atoms with van der Waals surface area (Å²) in [5.41, 5.74) is 3.26. The molecule has 1 saturated heterocycles. The van der Waals surface area contributed by atoms with Crippen LogP contribution in [0.3, 0.4) is 0 Å². The van der Waals surface area contributed by atoms with Crippen LogP contribution in [0.2, 0.25) is 0 Å². The van der Waals surface area contributed by atoms with Crippen molar-refractivity contribution in [2.45, 2.75) is 20.3 Å². The Morgan fingerprint density at radius 2 is 1.69 bits per heavy atom. The highest BCUT2D eigenvalue weighted by Crippen LogP contribution is 2.13. The third-order valence-corrected chi connectivity index (χ3v) is 4.74. The molecule has 0 spiro atoms. The summed E-state index contributed by atoms with van der Waals surface area (Å²) in [6, 6.07) is 8.77. The van der Waals surface area contributed by atoms with Gasteiger partial charge in [-0.2, -0.15) is 5.10 Å². The van der Waals surface area contributed by atoms with Crippen LogP contribution >= 0.6 is 0 Å². The van der Waals surface area contributed by atoms with Gasteiger partial charge in [0.2, 0.25) is 5.91 Å². The van der Waals surface area contributed by atoms with E-state index in [4.69, 9.17) is 0 Å². The number of nitrogens with zero attached hydrogens (tertiary/aromatic N) is 3. The zero-order valence-electron chi connectivity index (χ0n) is 15.0. The van der Waals surface area contributed by atoms with Gasteiger partial charge in [0.1, 0.15) is 5.69 Å². The lowest BCUT2D eigenvalue weighted by Gasteiger charge is -2.34. The minimum atomic E-state index is -0.344. The van der Waals surface area contributed by atoms with Gasteiger partial charge < -0.3 is 9.80 Å². The van der Waals surface area contributed by atoms with E-state index in [-0.39, 0.29) is 23.1 Å². The molecule has 2 amide bonds. The van der Waals surface area contributed by atoms with Crippen LogP contribution in [0, 0.1) is 13.8 Å². The average molecular weight is 354 g/mol. The normalized spacial score (nSPS) is 14.4. The zero-order valence-corrected chi connectivity index (χ0v) is 15.0. The molecule has 7 nitrogen and oxygen atoms in total. The third kappa shape index (κ3) is 3.99. The van der Waals surface area contributed by atoms with Crippen LogP contribution in [-0.4, -0.2) is 58.0 Å². The lowest BCUT2D eigenvalue weighted by atomic mass is 10.0. The summed E-state index contributed by atoms with van der Waals surface area (Å²) in [6.07, 6.45) is 0.372. The van der Waals surface area contributed by atoms with Crippen LogP contribution in [0.1, 0.15) is 27.2 Å². The number of hydrogen-bond donors (Lipinski definition) is 1. The van der Waals surface area contributed by atoms with E-state index in [9.17, 15) is 14.4 Å². The number of aryl methyl sites for hydroxylation is 2. The van der Waals surface area contributed by atoms with Gasteiger partial charge in [-0.1, -0.05) is 18.2 Å². The molecule has 1 aromatic carbocycles. The number of piperazine rings is 1. The quantitative estimate of drug-likeness (QED) is 0.888. The maximum absolute atomic E-state index is 12.5. The number of carbonyl (C=O) groups is 2. The van der Waals surface area contributed by atoms with Crippen molar-refractivity contribution in [2.75, 3.05) is 26.2 Å². The molecule has 0 radical (unpaired) electrons. The lowest BCUT2D eigenvalue weighted by molar-refractivity contribution is -0.131. The molecule has 0 atom stereocenters. The molecule has 2 heterocycles. The molecule has 1 aliphatic rings. The molecule has 1 aliphatic heterocycles. The summed E-state index contributed by atoms with van der Waals surface area (Å²) >= 11 is 0. The Balaban J connectivity index is 1.56. The van der Waals surface area contributed by atoms with Crippen LogP contribution in [-0.2, 0) is 11.2 Å². The number of aromatic nitrogens is 2. The SMILES string of the molecule is Cc1ccc(CC(=O)N2CCN(C(=O)c3ccc(=O)[nH]n3)CC2)cc1C. The van der Waals surface area contributed by atoms with Crippen molar-refractivity contribution in [3.63, 3.8) is 0 Å². The van der Waals surface area contributed by atoms with Crippen molar-refractivity contribution in [3.8, 4) is 0 Å². The number of amides is 2. The molecule has 2 aromatic rings. The first-order chi connectivity index (χ1) is 12.4. The zero-order chi connectivity index (χ0) is 18.7. The van der Waals surface area contributed by atoms with E-state index in [2.05, 4.69) is 16.3 Å². The van der Waals surface area contributed by atoms with Gasteiger partial charge >= 0.3 is 0 Å². The maximum atomic E-state index is 12.5. The van der Waals surface area contributed by atoms with Crippen LogP contribution in [0.4, 0.5) is 0 Å². The highest BCUT2D eigenvalue weighted by atomic mass is 16.2. The molecule has 1 N–H and O–H groups in total. The first-order valence-electron chi connectivity index (χ1n) is 8.63. The molecule has 136 valence electrons. The average Bonchev–Trinajstić information content (AvgIpc) is 2.65. The van der Waals surface area contributed by atoms with Gasteiger partial charge in [-0.05, 0) is 36.6 Å². The van der Waals surface area contributed by atoms with Crippen molar-refractivity contribution in [1.29, 1.82) is 0 Å². The van der Waals surface area contributed by atoms with Gasteiger partial charge in [0.05, 0.1) is 6.42 Å². The summed E-state index contributed by atoms with van der Waals surface area (Å²) in [7, 11) is 0. The monoisotopic (exact) mass is 354 g/mol. The summed E-state index contributed by atoms with van der Waals surface area (Å²) in [4.78, 5) is 39.4. The molecule has 26 heavy (non-hydrogen) atoms. The minimum Gasteiger partial charge on any atom is -0.339 e. The lowest BCUT2D eigenvalue weighted by Crippen LogP contribution is -2.51. The second-order valence-electron chi connectivity index (χ2n) is 6.57. The Morgan fingerprint density at radius 1 is 1.00 bits per heavy atom. The van der Waals surface area contributed by atoms with Gasteiger partial charge in [-0.15, -0.1) is 0 Å². The standard InChI is InChI=1S/C19H22N4O3/c1-13-3-4-15(11-14(13)2)12-18(25)22-7-9-23(10-8-22)19(26)16-5-6-17(24)21-20-16/h3-6,11H,7-10,12H2,1-2H3,(H,21,24). The first-order valence-corrected chi connectivity index (χ1v) is 8.63. The molecule has 0 aliphatic carbocycles. The number of carbonyl (C=O) groups excluding carboxylic acids is 2. The number of aromatic amines is 1. The van der Waals surface area contributed by atoms with E-state index < -0.39 is 0 Å². The van der Waals surface area contributed by atoms with E-state index in [1.807, 2.05) is 26.0 Å². The van der Waals surface area contributed by atoms with Crippen LogP contribution in [0.15, 0.2) is 35.1 Å². The molecule has 0 saturated carbocycles. The highest BCUT2D eigenvalue weighted by Gasteiger charge is 2.25. The predicted octanol–water partition coefficient (Wildman–Crippen LogP) is 0.914. The number of H-pyrrole nitrogens is 1. The molecule has 1 fully saturated rings. The Hall–Kier alpha value is -2.96. The van der Waals surface area contributed by atoms with Crippen molar-refractivity contribution in [2.24, 2.45) is 0 Å². The highest BCUT2D eigenvalue weighted by molar-refractivity contribution is 5.92. The Labute approximate surface area is 151 Å². The summed E-state index contributed by atoms with van der Waals surface area (Å²) in [5, 5.41) is 6.03. The van der Waals surface area contributed by atoms with Crippen molar-refractivity contribution >= 4 is 11.8 Å². The van der Waals surface area contributed by atoms with Crippen molar-refractivity contribution in [3.05, 3.63) is 63.1 Å². The topological polar surface area (TPSA) is 86.4 Å². The van der Waals surface area contributed by atoms with Gasteiger partial charge in [-0.3, -0.25) is 14.4 Å². The molecule has 3 rings (SSSR count). The molecule has 7 heteroatoms. The first kappa shape index (κ1) is 17.8. The number of rotatable bonds is 3. The Morgan fingerprint density at radius 3 is 2.31 bits per heavy atom. The van der Waals surface area contributed by atoms with Gasteiger partial charge in [0.15, 0.2) is 0 Å². The van der Waals surface area contributed by atoms with Gasteiger partial charge in [-0.25, -0.2) is 5.10 Å². The third-order valence-electron chi connectivity index (χ3n) is 4.74. The van der Waals surface area contributed by atoms with Crippen LogP contribution in [0.5, 0.6) is 0 Å². The summed E-state index contributed by atoms with van der Waals surface area (Å²) in [5.74, 6) is -0.162. The molecule has 1 aromatic heterocycles. The molecular formula is C19H22N4O3. The van der Waals surface area contributed by atoms with Crippen LogP contribution in [0.25, 0.3) is 0 Å². The summed E-state index contributed by atoms with van der Waals surface area (Å²) < 4.78 is 0. The van der Waals surface area contributed by atoms with Crippen molar-refractivity contribution in [1.82, 2.24) is 20.0 Å². The molecule has 0 bridgehead atoms. The minimum absolute atomic E-state index is 0.0718.